The predicted molar refractivity (Wildman–Crippen MR) is 82.0 cm³/mol. The monoisotopic (exact) mass is 354 g/mol. The van der Waals surface area contributed by atoms with Crippen molar-refractivity contribution in [1.82, 2.24) is 19.4 Å². The fraction of sp³-hybridized carbons (Fsp3) is 0.438. The van der Waals surface area contributed by atoms with Crippen molar-refractivity contribution in [1.29, 1.82) is 0 Å². The Morgan fingerprint density at radius 3 is 2.80 bits per heavy atom. The fourth-order valence-electron chi connectivity index (χ4n) is 3.08. The summed E-state index contributed by atoms with van der Waals surface area (Å²) in [5.74, 6) is -0.654. The van der Waals surface area contributed by atoms with Crippen molar-refractivity contribution in [3.05, 3.63) is 41.7 Å². The normalized spacial score (nSPS) is 18.4. The second kappa shape index (κ2) is 6.38. The van der Waals surface area contributed by atoms with Crippen LogP contribution in [0.3, 0.4) is 0 Å². The fourth-order valence-corrected chi connectivity index (χ4v) is 3.08. The number of nitrogens with zero attached hydrogens (tertiary/aromatic N) is 4. The lowest BCUT2D eigenvalue weighted by Crippen LogP contribution is -2.40. The highest BCUT2D eigenvalue weighted by Gasteiger charge is 2.36. The van der Waals surface area contributed by atoms with Crippen molar-refractivity contribution in [2.45, 2.75) is 24.9 Å². The van der Waals surface area contributed by atoms with Crippen molar-refractivity contribution in [2.24, 2.45) is 7.05 Å². The van der Waals surface area contributed by atoms with Gasteiger partial charge in [0.25, 0.3) is 5.91 Å². The first kappa shape index (κ1) is 17.2. The van der Waals surface area contributed by atoms with Gasteiger partial charge in [-0.1, -0.05) is 0 Å². The molecule has 0 radical (unpaired) electrons. The minimum absolute atomic E-state index is 0.0565. The zero-order valence-electron chi connectivity index (χ0n) is 13.5. The van der Waals surface area contributed by atoms with Gasteiger partial charge in [-0.15, -0.1) is 0 Å². The summed E-state index contributed by atoms with van der Waals surface area (Å²) >= 11 is 0. The molecule has 6 nitrogen and oxygen atoms in total. The van der Waals surface area contributed by atoms with Crippen LogP contribution in [0, 0.1) is 0 Å². The van der Waals surface area contributed by atoms with E-state index in [9.17, 15) is 23.1 Å². The first-order valence-corrected chi connectivity index (χ1v) is 7.81. The summed E-state index contributed by atoms with van der Waals surface area (Å²) < 4.78 is 39.9. The smallest absolute Gasteiger partial charge is 0.434 e. The van der Waals surface area contributed by atoms with Gasteiger partial charge in [-0.25, -0.2) is 9.97 Å². The van der Waals surface area contributed by atoms with Gasteiger partial charge in [-0.3, -0.25) is 4.79 Å². The molecule has 134 valence electrons. The number of alkyl halides is 3. The molecule has 3 rings (SSSR count). The van der Waals surface area contributed by atoms with Crippen molar-refractivity contribution in [2.75, 3.05) is 13.1 Å². The zero-order valence-corrected chi connectivity index (χ0v) is 13.5. The third-order valence-electron chi connectivity index (χ3n) is 4.27. The Hall–Kier alpha value is -2.58. The Morgan fingerprint density at radius 2 is 2.16 bits per heavy atom. The quantitative estimate of drug-likeness (QED) is 0.900. The summed E-state index contributed by atoms with van der Waals surface area (Å²) in [6, 6.07) is 2.88. The molecule has 1 amide bonds. The van der Waals surface area contributed by atoms with Crippen LogP contribution < -0.4 is 0 Å². The molecule has 3 heterocycles. The summed E-state index contributed by atoms with van der Waals surface area (Å²) in [6.45, 7) is 0.693. The number of rotatable bonds is 2. The molecule has 0 spiro atoms. The molecule has 0 bridgehead atoms. The van der Waals surface area contributed by atoms with E-state index >= 15 is 0 Å². The van der Waals surface area contributed by atoms with E-state index in [-0.39, 0.29) is 23.9 Å². The zero-order chi connectivity index (χ0) is 18.2. The van der Waals surface area contributed by atoms with Gasteiger partial charge < -0.3 is 14.6 Å². The standard InChI is InChI=1S/C16H17F3N4O2/c1-22-9-12(16(17,18)19)21-14(22)10-4-3-7-23(8-10)15(25)13-11(24)5-2-6-20-13/h2,5-6,9-10,24H,3-4,7-8H2,1H3/t10-/m0/s1. The van der Waals surface area contributed by atoms with E-state index in [4.69, 9.17) is 0 Å². The number of halogens is 3. The number of carbonyl (C=O) groups is 1. The molecular formula is C16H17F3N4O2. The molecular weight excluding hydrogens is 337 g/mol. The molecule has 2 aromatic heterocycles. The third kappa shape index (κ3) is 3.45. The minimum atomic E-state index is -4.50. The van der Waals surface area contributed by atoms with Gasteiger partial charge in [0, 0.05) is 38.4 Å². The van der Waals surface area contributed by atoms with Crippen molar-refractivity contribution in [3.8, 4) is 5.75 Å². The highest BCUT2D eigenvalue weighted by molar-refractivity contribution is 5.94. The van der Waals surface area contributed by atoms with Crippen LogP contribution in [0.4, 0.5) is 13.2 Å². The highest BCUT2D eigenvalue weighted by Crippen LogP contribution is 2.32. The lowest BCUT2D eigenvalue weighted by atomic mass is 9.97. The second-order valence-electron chi connectivity index (χ2n) is 6.05. The summed E-state index contributed by atoms with van der Waals surface area (Å²) in [6.07, 6.45) is -0.859. The number of aromatic hydroxyl groups is 1. The molecule has 0 unspecified atom stereocenters. The molecule has 0 saturated carbocycles. The van der Waals surface area contributed by atoms with E-state index < -0.39 is 17.8 Å². The molecule has 1 atom stereocenters. The predicted octanol–water partition coefficient (Wildman–Crippen LogP) is 2.56. The minimum Gasteiger partial charge on any atom is -0.505 e. The molecule has 0 aromatic carbocycles. The molecule has 2 aromatic rings. The number of amides is 1. The van der Waals surface area contributed by atoms with Gasteiger partial charge in [0.05, 0.1) is 0 Å². The number of likely N-dealkylation sites (tertiary alicyclic amines) is 1. The van der Waals surface area contributed by atoms with Crippen LogP contribution in [-0.2, 0) is 13.2 Å². The van der Waals surface area contributed by atoms with Gasteiger partial charge in [0.15, 0.2) is 11.4 Å². The number of aromatic nitrogens is 3. The van der Waals surface area contributed by atoms with E-state index in [2.05, 4.69) is 9.97 Å². The summed E-state index contributed by atoms with van der Waals surface area (Å²) in [4.78, 5) is 21.7. The van der Waals surface area contributed by atoms with Crippen LogP contribution >= 0.6 is 0 Å². The van der Waals surface area contributed by atoms with Crippen molar-refractivity contribution in [3.63, 3.8) is 0 Å². The van der Waals surface area contributed by atoms with Crippen LogP contribution in [0.25, 0.3) is 0 Å². The Kier molecular flexibility index (Phi) is 4.40. The van der Waals surface area contributed by atoms with Gasteiger partial charge in [0.1, 0.15) is 11.6 Å². The molecule has 1 fully saturated rings. The van der Waals surface area contributed by atoms with Crippen LogP contribution in [0.2, 0.25) is 0 Å². The molecule has 9 heteroatoms. The maximum Gasteiger partial charge on any atom is 0.434 e. The van der Waals surface area contributed by atoms with E-state index in [1.807, 2.05) is 0 Å². The summed E-state index contributed by atoms with van der Waals surface area (Å²) in [5.41, 5.74) is -0.991. The number of hydrogen-bond acceptors (Lipinski definition) is 4. The average Bonchev–Trinajstić information content (AvgIpc) is 2.97. The van der Waals surface area contributed by atoms with Crippen molar-refractivity contribution >= 4 is 5.91 Å². The van der Waals surface area contributed by atoms with Gasteiger partial charge in [-0.05, 0) is 25.0 Å². The van der Waals surface area contributed by atoms with E-state index in [1.165, 1.54) is 34.8 Å². The van der Waals surface area contributed by atoms with Crippen LogP contribution in [0.15, 0.2) is 24.5 Å². The molecule has 1 aliphatic heterocycles. The third-order valence-corrected chi connectivity index (χ3v) is 4.27. The van der Waals surface area contributed by atoms with Crippen LogP contribution in [-0.4, -0.2) is 43.5 Å². The van der Waals surface area contributed by atoms with Gasteiger partial charge in [0.2, 0.25) is 0 Å². The van der Waals surface area contributed by atoms with E-state index in [0.717, 1.165) is 6.20 Å². The molecule has 0 aliphatic carbocycles. The Balaban J connectivity index is 1.81. The number of piperidine rings is 1. The molecule has 1 saturated heterocycles. The Bertz CT molecular complexity index is 788. The maximum atomic E-state index is 12.8. The lowest BCUT2D eigenvalue weighted by molar-refractivity contribution is -0.141. The average molecular weight is 354 g/mol. The Labute approximate surface area is 141 Å². The number of hydrogen-bond donors (Lipinski definition) is 1. The first-order valence-electron chi connectivity index (χ1n) is 7.81. The van der Waals surface area contributed by atoms with E-state index in [0.29, 0.717) is 25.2 Å². The molecule has 1 aliphatic rings. The largest absolute Gasteiger partial charge is 0.505 e. The van der Waals surface area contributed by atoms with Crippen molar-refractivity contribution < 1.29 is 23.1 Å². The van der Waals surface area contributed by atoms with E-state index in [1.54, 1.807) is 0 Å². The topological polar surface area (TPSA) is 71.2 Å². The SMILES string of the molecule is Cn1cc(C(F)(F)F)nc1[C@H]1CCCN(C(=O)c2ncccc2O)C1. The number of imidazole rings is 1. The molecule has 1 N–H and O–H groups in total. The number of aryl methyl sites for hydroxylation is 1. The molecule has 25 heavy (non-hydrogen) atoms. The lowest BCUT2D eigenvalue weighted by Gasteiger charge is -2.32. The van der Waals surface area contributed by atoms with Crippen LogP contribution in [0.1, 0.15) is 40.8 Å². The van der Waals surface area contributed by atoms with Crippen LogP contribution in [0.5, 0.6) is 5.75 Å². The summed E-state index contributed by atoms with van der Waals surface area (Å²) in [5, 5.41) is 9.78. The first-order chi connectivity index (χ1) is 11.8. The van der Waals surface area contributed by atoms with Gasteiger partial charge >= 0.3 is 6.18 Å². The maximum absolute atomic E-state index is 12.8. The number of pyridine rings is 1. The Morgan fingerprint density at radius 1 is 1.40 bits per heavy atom. The summed E-state index contributed by atoms with van der Waals surface area (Å²) in [7, 11) is 1.52. The van der Waals surface area contributed by atoms with Gasteiger partial charge in [-0.2, -0.15) is 13.2 Å². The second-order valence-corrected chi connectivity index (χ2v) is 6.05. The highest BCUT2D eigenvalue weighted by atomic mass is 19.4. The number of carbonyl (C=O) groups excluding carboxylic acids is 1.